The molecule has 0 aliphatic heterocycles. The monoisotopic (exact) mass is 440 g/mol. The number of imidazole rings is 1. The van der Waals surface area contributed by atoms with E-state index in [0.29, 0.717) is 27.9 Å². The Morgan fingerprint density at radius 1 is 1.26 bits per heavy atom. The summed E-state index contributed by atoms with van der Waals surface area (Å²) >= 11 is 5.51. The van der Waals surface area contributed by atoms with Crippen molar-refractivity contribution in [2.24, 2.45) is 5.92 Å². The first-order valence-electron chi connectivity index (χ1n) is 9.89. The lowest BCUT2D eigenvalue weighted by Crippen LogP contribution is -2.33. The number of aromatic nitrogens is 3. The highest BCUT2D eigenvalue weighted by Gasteiger charge is 2.35. The van der Waals surface area contributed by atoms with Gasteiger partial charge < -0.3 is 24.5 Å². The molecule has 2 heterocycles. The molecule has 1 amide bonds. The van der Waals surface area contributed by atoms with Crippen molar-refractivity contribution in [2.45, 2.75) is 19.0 Å². The Balaban J connectivity index is 1.58. The zero-order valence-corrected chi connectivity index (χ0v) is 18.4. The van der Waals surface area contributed by atoms with Crippen molar-refractivity contribution < 1.29 is 19.0 Å². The molecular weight excluding hydrogens is 416 g/mol. The van der Waals surface area contributed by atoms with Gasteiger partial charge in [-0.05, 0) is 66.9 Å². The minimum Gasteiger partial charge on any atom is -0.493 e. The molecule has 8 nitrogen and oxygen atoms in total. The van der Waals surface area contributed by atoms with Gasteiger partial charge in [-0.2, -0.15) is 0 Å². The molecule has 0 radical (unpaired) electrons. The predicted molar refractivity (Wildman–Crippen MR) is 120 cm³/mol. The summed E-state index contributed by atoms with van der Waals surface area (Å²) in [7, 11) is 4.65. The van der Waals surface area contributed by atoms with E-state index >= 15 is 0 Å². The topological polar surface area (TPSA) is 90.4 Å². The highest BCUT2D eigenvalue weighted by molar-refractivity contribution is 7.71. The first-order chi connectivity index (χ1) is 15.0. The summed E-state index contributed by atoms with van der Waals surface area (Å²) < 4.78 is 18.5. The number of carbonyl (C=O) groups excluding carboxylic acids is 1. The molecule has 2 N–H and O–H groups in total. The Hall–Kier alpha value is -3.33. The second-order valence-corrected chi connectivity index (χ2v) is 7.64. The fourth-order valence-corrected chi connectivity index (χ4v) is 3.89. The van der Waals surface area contributed by atoms with Crippen molar-refractivity contribution >= 4 is 35.4 Å². The molecular formula is C22H24N4O4S. The SMILES string of the molecule is COc1cc(/C=C/C(=O)NC(C2CC2)n2c(=S)[nH]c3cccnc32)cc(OC)c1OC. The van der Waals surface area contributed by atoms with Crippen LogP contribution in [-0.2, 0) is 4.79 Å². The second kappa shape index (κ2) is 8.81. The van der Waals surface area contributed by atoms with E-state index < -0.39 is 0 Å². The maximum atomic E-state index is 12.8. The first-order valence-corrected chi connectivity index (χ1v) is 10.3. The fourth-order valence-electron chi connectivity index (χ4n) is 3.58. The van der Waals surface area contributed by atoms with E-state index in [0.717, 1.165) is 29.6 Å². The van der Waals surface area contributed by atoms with Gasteiger partial charge in [0.2, 0.25) is 11.7 Å². The molecule has 1 aromatic carbocycles. The highest BCUT2D eigenvalue weighted by Crippen LogP contribution is 2.40. The molecule has 1 aliphatic carbocycles. The summed E-state index contributed by atoms with van der Waals surface area (Å²) in [6.45, 7) is 0. The molecule has 3 aromatic rings. The average molecular weight is 441 g/mol. The lowest BCUT2D eigenvalue weighted by Gasteiger charge is -2.19. The summed E-state index contributed by atoms with van der Waals surface area (Å²) in [6, 6.07) is 7.33. The third kappa shape index (κ3) is 4.27. The van der Waals surface area contributed by atoms with Gasteiger partial charge in [-0.25, -0.2) is 4.98 Å². The minimum atomic E-state index is -0.256. The number of hydrogen-bond acceptors (Lipinski definition) is 6. The van der Waals surface area contributed by atoms with Gasteiger partial charge in [0.05, 0.1) is 26.8 Å². The molecule has 1 aliphatic rings. The van der Waals surface area contributed by atoms with Gasteiger partial charge in [0, 0.05) is 12.3 Å². The van der Waals surface area contributed by atoms with Crippen molar-refractivity contribution in [3.8, 4) is 17.2 Å². The summed E-state index contributed by atoms with van der Waals surface area (Å²) in [5, 5.41) is 3.09. The fraction of sp³-hybridized carbons (Fsp3) is 0.318. The normalized spacial score (nSPS) is 14.5. The number of aromatic amines is 1. The quantitative estimate of drug-likeness (QED) is 0.408. The van der Waals surface area contributed by atoms with Crippen LogP contribution in [0.25, 0.3) is 17.2 Å². The Morgan fingerprint density at radius 2 is 1.97 bits per heavy atom. The van der Waals surface area contributed by atoms with Gasteiger partial charge >= 0.3 is 0 Å². The van der Waals surface area contributed by atoms with Crippen molar-refractivity contribution in [1.29, 1.82) is 0 Å². The van der Waals surface area contributed by atoms with Gasteiger partial charge in [0.15, 0.2) is 21.9 Å². The van der Waals surface area contributed by atoms with Crippen LogP contribution in [-0.4, -0.2) is 41.8 Å². The zero-order valence-electron chi connectivity index (χ0n) is 17.5. The third-order valence-electron chi connectivity index (χ3n) is 5.23. The molecule has 1 saturated carbocycles. The minimum absolute atomic E-state index is 0.224. The summed E-state index contributed by atoms with van der Waals surface area (Å²) in [5.41, 5.74) is 2.33. The van der Waals surface area contributed by atoms with Crippen molar-refractivity contribution in [3.05, 3.63) is 46.9 Å². The number of pyridine rings is 1. The zero-order chi connectivity index (χ0) is 22.0. The van der Waals surface area contributed by atoms with Gasteiger partial charge in [-0.3, -0.25) is 9.36 Å². The molecule has 1 unspecified atom stereocenters. The number of nitrogens with one attached hydrogen (secondary N) is 2. The van der Waals surface area contributed by atoms with Crippen LogP contribution >= 0.6 is 12.2 Å². The van der Waals surface area contributed by atoms with E-state index in [1.807, 2.05) is 16.7 Å². The van der Waals surface area contributed by atoms with E-state index in [1.54, 1.807) is 45.7 Å². The molecule has 4 rings (SSSR count). The van der Waals surface area contributed by atoms with Crippen molar-refractivity contribution in [2.75, 3.05) is 21.3 Å². The number of carbonyl (C=O) groups is 1. The van der Waals surface area contributed by atoms with E-state index in [1.165, 1.54) is 6.08 Å². The summed E-state index contributed by atoms with van der Waals surface area (Å²) in [5.74, 6) is 1.65. The number of H-pyrrole nitrogens is 1. The van der Waals surface area contributed by atoms with E-state index in [2.05, 4.69) is 15.3 Å². The number of hydrogen-bond donors (Lipinski definition) is 2. The first kappa shape index (κ1) is 20.9. The van der Waals surface area contributed by atoms with Gasteiger partial charge in [0.25, 0.3) is 0 Å². The Kier molecular flexibility index (Phi) is 5.94. The third-order valence-corrected chi connectivity index (χ3v) is 5.53. The number of ether oxygens (including phenoxy) is 3. The van der Waals surface area contributed by atoms with Crippen molar-refractivity contribution in [3.63, 3.8) is 0 Å². The highest BCUT2D eigenvalue weighted by atomic mass is 32.1. The molecule has 0 bridgehead atoms. The number of methoxy groups -OCH3 is 3. The average Bonchev–Trinajstić information content (AvgIpc) is 3.57. The molecule has 31 heavy (non-hydrogen) atoms. The maximum Gasteiger partial charge on any atom is 0.245 e. The number of rotatable bonds is 8. The standard InChI is InChI=1S/C22H24N4O4S/c1-28-16-11-13(12-17(29-2)19(16)30-3)6-9-18(27)25-20(14-7-8-14)26-21-15(24-22(26)31)5-4-10-23-21/h4-6,9-12,14,20H,7-8H2,1-3H3,(H,24,31)(H,25,27)/b9-6+. The van der Waals surface area contributed by atoms with Gasteiger partial charge in [0.1, 0.15) is 6.17 Å². The smallest absolute Gasteiger partial charge is 0.245 e. The molecule has 9 heteroatoms. The number of benzene rings is 1. The summed E-state index contributed by atoms with van der Waals surface area (Å²) in [6.07, 6.45) is 6.72. The van der Waals surface area contributed by atoms with E-state index in [-0.39, 0.29) is 12.1 Å². The Bertz CT molecular complexity index is 1170. The Morgan fingerprint density at radius 3 is 2.58 bits per heavy atom. The molecule has 0 spiro atoms. The molecule has 0 saturated heterocycles. The van der Waals surface area contributed by atoms with E-state index in [4.69, 9.17) is 26.4 Å². The lowest BCUT2D eigenvalue weighted by atomic mass is 10.1. The van der Waals surface area contributed by atoms with Gasteiger partial charge in [-0.1, -0.05) is 0 Å². The van der Waals surface area contributed by atoms with E-state index in [9.17, 15) is 4.79 Å². The second-order valence-electron chi connectivity index (χ2n) is 7.26. The van der Waals surface area contributed by atoms with Crippen molar-refractivity contribution in [1.82, 2.24) is 19.9 Å². The van der Waals surface area contributed by atoms with Gasteiger partial charge in [-0.15, -0.1) is 0 Å². The molecule has 162 valence electrons. The van der Waals surface area contributed by atoms with Crippen LogP contribution in [0.3, 0.4) is 0 Å². The number of nitrogens with zero attached hydrogens (tertiary/aromatic N) is 2. The van der Waals surface area contributed by atoms with Crippen LogP contribution in [0.5, 0.6) is 17.2 Å². The lowest BCUT2D eigenvalue weighted by molar-refractivity contribution is -0.117. The Labute approximate surface area is 184 Å². The van der Waals surface area contributed by atoms with Crippen LogP contribution in [0.1, 0.15) is 24.6 Å². The van der Waals surface area contributed by atoms with Crippen LogP contribution in [0, 0.1) is 10.7 Å². The molecule has 2 aromatic heterocycles. The predicted octanol–water partition coefficient (Wildman–Crippen LogP) is 3.86. The molecule has 1 fully saturated rings. The van der Waals surface area contributed by atoms with Crippen LogP contribution in [0.4, 0.5) is 0 Å². The summed E-state index contributed by atoms with van der Waals surface area (Å²) in [4.78, 5) is 20.4. The van der Waals surface area contributed by atoms with Crippen LogP contribution in [0.2, 0.25) is 0 Å². The largest absolute Gasteiger partial charge is 0.493 e. The molecule has 1 atom stereocenters. The number of amides is 1. The van der Waals surface area contributed by atoms with Crippen LogP contribution < -0.4 is 19.5 Å². The van der Waals surface area contributed by atoms with Crippen LogP contribution in [0.15, 0.2) is 36.5 Å². The number of fused-ring (bicyclic) bond motifs is 1. The maximum absolute atomic E-state index is 12.8.